The number of piperidine rings is 1. The Morgan fingerprint density at radius 3 is 2.48 bits per heavy atom. The molecule has 0 aromatic heterocycles. The second-order valence-electron chi connectivity index (χ2n) is 5.81. The highest BCUT2D eigenvalue weighted by molar-refractivity contribution is 5.80. The number of likely N-dealkylation sites (tertiary alicyclic amines) is 1. The lowest BCUT2D eigenvalue weighted by Crippen LogP contribution is -2.48. The quantitative estimate of drug-likeness (QED) is 0.328. The summed E-state index contributed by atoms with van der Waals surface area (Å²) in [4.78, 5) is 27.7. The van der Waals surface area contributed by atoms with Crippen LogP contribution < -0.4 is 11.3 Å². The zero-order valence-corrected chi connectivity index (χ0v) is 13.0. The lowest BCUT2D eigenvalue weighted by molar-refractivity contribution is -0.137. The zero-order chi connectivity index (χ0) is 15.8. The van der Waals surface area contributed by atoms with Crippen molar-refractivity contribution in [2.75, 3.05) is 32.8 Å². The third kappa shape index (κ3) is 5.61. The number of rotatable bonds is 7. The monoisotopic (exact) mass is 300 g/mol. The Kier molecular flexibility index (Phi) is 7.63. The molecular formula is C14H28N4O3. The first-order chi connectivity index (χ1) is 9.99. The minimum Gasteiger partial charge on any atom is -0.396 e. The van der Waals surface area contributed by atoms with Gasteiger partial charge in [0.2, 0.25) is 11.8 Å². The summed E-state index contributed by atoms with van der Waals surface area (Å²) in [7, 11) is 0. The summed E-state index contributed by atoms with van der Waals surface area (Å²) >= 11 is 0. The average molecular weight is 300 g/mol. The van der Waals surface area contributed by atoms with Crippen molar-refractivity contribution in [1.82, 2.24) is 15.2 Å². The summed E-state index contributed by atoms with van der Waals surface area (Å²) in [5, 5.41) is 8.91. The first-order valence-corrected chi connectivity index (χ1v) is 7.62. The number of aliphatic hydroxyl groups is 1. The molecule has 21 heavy (non-hydrogen) atoms. The lowest BCUT2D eigenvalue weighted by Gasteiger charge is -2.34. The van der Waals surface area contributed by atoms with Gasteiger partial charge < -0.3 is 10.0 Å². The van der Waals surface area contributed by atoms with Gasteiger partial charge in [0.1, 0.15) is 0 Å². The van der Waals surface area contributed by atoms with E-state index in [9.17, 15) is 9.59 Å². The third-order valence-corrected chi connectivity index (χ3v) is 4.03. The van der Waals surface area contributed by atoms with Gasteiger partial charge in [0.25, 0.3) is 0 Å². The molecule has 0 aliphatic carbocycles. The van der Waals surface area contributed by atoms with Crippen molar-refractivity contribution in [1.29, 1.82) is 0 Å². The van der Waals surface area contributed by atoms with E-state index in [0.717, 1.165) is 0 Å². The fourth-order valence-electron chi connectivity index (χ4n) is 2.58. The Hall–Kier alpha value is -1.18. The van der Waals surface area contributed by atoms with Crippen molar-refractivity contribution < 1.29 is 14.7 Å². The van der Waals surface area contributed by atoms with E-state index in [4.69, 9.17) is 10.9 Å². The molecule has 1 rings (SSSR count). The second-order valence-corrected chi connectivity index (χ2v) is 5.81. The van der Waals surface area contributed by atoms with E-state index in [1.54, 1.807) is 0 Å². The second kappa shape index (κ2) is 8.96. The molecule has 0 spiro atoms. The molecule has 1 fully saturated rings. The molecule has 0 aromatic carbocycles. The number of nitrogens with one attached hydrogen (secondary N) is 1. The number of carbonyl (C=O) groups is 2. The first-order valence-electron chi connectivity index (χ1n) is 7.62. The van der Waals surface area contributed by atoms with Gasteiger partial charge in [-0.25, -0.2) is 5.84 Å². The van der Waals surface area contributed by atoms with Gasteiger partial charge in [-0.05, 0) is 33.1 Å². The molecule has 0 saturated carbocycles. The van der Waals surface area contributed by atoms with Crippen LogP contribution in [0.2, 0.25) is 0 Å². The average Bonchev–Trinajstić information content (AvgIpc) is 2.50. The van der Waals surface area contributed by atoms with Gasteiger partial charge in [-0.2, -0.15) is 0 Å². The Bertz CT molecular complexity index is 341. The van der Waals surface area contributed by atoms with Crippen LogP contribution in [0.1, 0.15) is 33.1 Å². The van der Waals surface area contributed by atoms with Crippen LogP contribution >= 0.6 is 0 Å². The molecule has 7 heteroatoms. The van der Waals surface area contributed by atoms with Crippen LogP contribution in [0.3, 0.4) is 0 Å². The number of nitrogens with zero attached hydrogens (tertiary/aromatic N) is 2. The van der Waals surface area contributed by atoms with Crippen molar-refractivity contribution in [3.63, 3.8) is 0 Å². The largest absolute Gasteiger partial charge is 0.396 e. The molecule has 2 amide bonds. The van der Waals surface area contributed by atoms with E-state index in [1.165, 1.54) is 0 Å². The van der Waals surface area contributed by atoms with Crippen molar-refractivity contribution in [2.45, 2.75) is 39.2 Å². The Balaban J connectivity index is 2.43. The van der Waals surface area contributed by atoms with E-state index in [-0.39, 0.29) is 30.4 Å². The Morgan fingerprint density at radius 1 is 1.38 bits per heavy atom. The number of hydrogen-bond acceptors (Lipinski definition) is 5. The maximum absolute atomic E-state index is 12.3. The molecule has 7 nitrogen and oxygen atoms in total. The van der Waals surface area contributed by atoms with Gasteiger partial charge in [-0.1, -0.05) is 0 Å². The molecule has 1 saturated heterocycles. The normalized spacial score (nSPS) is 16.6. The minimum absolute atomic E-state index is 0.0883. The van der Waals surface area contributed by atoms with Crippen molar-refractivity contribution in [3.05, 3.63) is 0 Å². The molecule has 1 aliphatic heterocycles. The highest BCUT2D eigenvalue weighted by Crippen LogP contribution is 2.17. The molecule has 4 N–H and O–H groups in total. The highest BCUT2D eigenvalue weighted by atomic mass is 16.3. The molecule has 122 valence electrons. The summed E-state index contributed by atoms with van der Waals surface area (Å²) in [6.07, 6.45) is 1.99. The topological polar surface area (TPSA) is 98.9 Å². The van der Waals surface area contributed by atoms with Crippen LogP contribution in [0, 0.1) is 5.92 Å². The highest BCUT2D eigenvalue weighted by Gasteiger charge is 2.27. The molecule has 0 atom stereocenters. The number of nitrogens with two attached hydrogens (primary N) is 1. The van der Waals surface area contributed by atoms with Gasteiger partial charge in [-0.15, -0.1) is 0 Å². The Labute approximate surface area is 126 Å². The summed E-state index contributed by atoms with van der Waals surface area (Å²) < 4.78 is 0. The number of carbonyl (C=O) groups excluding carboxylic acids is 2. The molecular weight excluding hydrogens is 272 g/mol. The fraction of sp³-hybridized carbons (Fsp3) is 0.857. The summed E-state index contributed by atoms with van der Waals surface area (Å²) in [6.45, 7) is 6.50. The van der Waals surface area contributed by atoms with Crippen LogP contribution in [0.15, 0.2) is 0 Å². The van der Waals surface area contributed by atoms with Crippen molar-refractivity contribution in [3.8, 4) is 0 Å². The summed E-state index contributed by atoms with van der Waals surface area (Å²) in [5.74, 6) is 4.99. The predicted octanol–water partition coefficient (Wildman–Crippen LogP) is -0.692. The third-order valence-electron chi connectivity index (χ3n) is 4.03. The maximum Gasteiger partial charge on any atom is 0.237 e. The SMILES string of the molecule is CC(C)N(CCCO)CC(=O)N1CCC(C(=O)NN)CC1. The van der Waals surface area contributed by atoms with Gasteiger partial charge in [0, 0.05) is 38.2 Å². The van der Waals surface area contributed by atoms with E-state index in [1.807, 2.05) is 18.7 Å². The van der Waals surface area contributed by atoms with E-state index in [0.29, 0.717) is 45.4 Å². The molecule has 1 aliphatic rings. The van der Waals surface area contributed by atoms with Crippen molar-refractivity contribution >= 4 is 11.8 Å². The maximum atomic E-state index is 12.3. The lowest BCUT2D eigenvalue weighted by atomic mass is 9.96. The number of hydrogen-bond donors (Lipinski definition) is 3. The molecule has 0 radical (unpaired) electrons. The van der Waals surface area contributed by atoms with Crippen LogP contribution in [-0.2, 0) is 9.59 Å². The smallest absolute Gasteiger partial charge is 0.237 e. The molecule has 0 aromatic rings. The van der Waals surface area contributed by atoms with Gasteiger partial charge in [-0.3, -0.25) is 19.9 Å². The summed E-state index contributed by atoms with van der Waals surface area (Å²) in [5.41, 5.74) is 2.17. The predicted molar refractivity (Wildman–Crippen MR) is 80.0 cm³/mol. The minimum atomic E-state index is -0.145. The van der Waals surface area contributed by atoms with Crippen molar-refractivity contribution in [2.24, 2.45) is 11.8 Å². The van der Waals surface area contributed by atoms with Gasteiger partial charge >= 0.3 is 0 Å². The van der Waals surface area contributed by atoms with E-state index < -0.39 is 0 Å². The first kappa shape index (κ1) is 17.9. The molecule has 1 heterocycles. The van der Waals surface area contributed by atoms with Crippen LogP contribution in [0.5, 0.6) is 0 Å². The number of aliphatic hydroxyl groups excluding tert-OH is 1. The number of hydrazine groups is 1. The van der Waals surface area contributed by atoms with E-state index in [2.05, 4.69) is 10.3 Å². The molecule has 0 bridgehead atoms. The van der Waals surface area contributed by atoms with Crippen LogP contribution in [0.25, 0.3) is 0 Å². The van der Waals surface area contributed by atoms with Gasteiger partial charge in [0.15, 0.2) is 0 Å². The standard InChI is InChI=1S/C14H28N4O3/c1-11(2)18(6-3-9-19)10-13(20)17-7-4-12(5-8-17)14(21)16-15/h11-12,19H,3-10,15H2,1-2H3,(H,16,21). The summed E-state index contributed by atoms with van der Waals surface area (Å²) in [6, 6.07) is 0.265. The van der Waals surface area contributed by atoms with Crippen LogP contribution in [0.4, 0.5) is 0 Å². The molecule has 0 unspecified atom stereocenters. The van der Waals surface area contributed by atoms with Gasteiger partial charge in [0.05, 0.1) is 6.54 Å². The van der Waals surface area contributed by atoms with Crippen LogP contribution in [-0.4, -0.2) is 65.5 Å². The fourth-order valence-corrected chi connectivity index (χ4v) is 2.58. The Morgan fingerprint density at radius 2 is 2.00 bits per heavy atom. The zero-order valence-electron chi connectivity index (χ0n) is 13.0. The van der Waals surface area contributed by atoms with E-state index >= 15 is 0 Å². The number of amides is 2.